The van der Waals surface area contributed by atoms with E-state index in [1.807, 2.05) is 0 Å². The monoisotopic (exact) mass is 223 g/mol. The Morgan fingerprint density at radius 2 is 2.31 bits per heavy atom. The Kier molecular flexibility index (Phi) is 2.43. The molecule has 2 heterocycles. The maximum absolute atomic E-state index is 11.5. The highest BCUT2D eigenvalue weighted by Crippen LogP contribution is 2.22. The number of aromatic nitrogens is 2. The molecule has 1 fully saturated rings. The fourth-order valence-electron chi connectivity index (χ4n) is 1.54. The lowest BCUT2D eigenvalue weighted by Gasteiger charge is -2.12. The first-order valence-electron chi connectivity index (χ1n) is 4.57. The van der Waals surface area contributed by atoms with Crippen LogP contribution in [0.3, 0.4) is 0 Å². The van der Waals surface area contributed by atoms with Gasteiger partial charge in [0.25, 0.3) is 0 Å². The number of ether oxygens (including phenoxy) is 1. The Morgan fingerprint density at radius 1 is 1.56 bits per heavy atom. The minimum absolute atomic E-state index is 0.0254. The number of esters is 1. The number of Topliss-reactive ketones (excluding diaryl/α,β-unsaturated/α-hetero) is 1. The maximum Gasteiger partial charge on any atom is 0.358 e. The largest absolute Gasteiger partial charge is 0.464 e. The van der Waals surface area contributed by atoms with Crippen molar-refractivity contribution in [2.45, 2.75) is 6.42 Å². The molecular formula is C9H9N3O4. The van der Waals surface area contributed by atoms with E-state index in [0.29, 0.717) is 0 Å². The van der Waals surface area contributed by atoms with Crippen LogP contribution in [-0.2, 0) is 14.3 Å². The molecule has 7 heteroatoms. The van der Waals surface area contributed by atoms with Crippen molar-refractivity contribution in [2.75, 3.05) is 18.6 Å². The summed E-state index contributed by atoms with van der Waals surface area (Å²) in [5, 5.41) is 6.10. The molecular weight excluding hydrogens is 214 g/mol. The number of nitrogens with zero attached hydrogens (tertiary/aromatic N) is 2. The summed E-state index contributed by atoms with van der Waals surface area (Å²) in [5.41, 5.74) is 0.355. The molecule has 1 amide bonds. The Hall–Kier alpha value is -2.18. The van der Waals surface area contributed by atoms with Crippen molar-refractivity contribution < 1.29 is 19.1 Å². The topological polar surface area (TPSA) is 92.4 Å². The Morgan fingerprint density at radius 3 is 2.88 bits per heavy atom. The van der Waals surface area contributed by atoms with Crippen molar-refractivity contribution in [2.24, 2.45) is 0 Å². The van der Waals surface area contributed by atoms with E-state index in [1.54, 1.807) is 0 Å². The lowest BCUT2D eigenvalue weighted by molar-refractivity contribution is -0.121. The summed E-state index contributed by atoms with van der Waals surface area (Å²) >= 11 is 0. The highest BCUT2D eigenvalue weighted by Gasteiger charge is 2.32. The van der Waals surface area contributed by atoms with Crippen LogP contribution in [0.4, 0.5) is 5.69 Å². The van der Waals surface area contributed by atoms with E-state index in [2.05, 4.69) is 14.9 Å². The van der Waals surface area contributed by atoms with E-state index in [4.69, 9.17) is 0 Å². The molecule has 0 spiro atoms. The molecule has 84 valence electrons. The van der Waals surface area contributed by atoms with Crippen molar-refractivity contribution in [3.63, 3.8) is 0 Å². The third-order valence-electron chi connectivity index (χ3n) is 2.28. The average Bonchev–Trinajstić information content (AvgIpc) is 2.83. The normalized spacial score (nSPS) is 15.7. The van der Waals surface area contributed by atoms with E-state index < -0.39 is 5.97 Å². The van der Waals surface area contributed by atoms with Gasteiger partial charge in [0.1, 0.15) is 0 Å². The number of hydrogen-bond acceptors (Lipinski definition) is 5. The highest BCUT2D eigenvalue weighted by molar-refractivity contribution is 6.16. The van der Waals surface area contributed by atoms with Crippen LogP contribution in [0.15, 0.2) is 6.20 Å². The van der Waals surface area contributed by atoms with E-state index in [9.17, 15) is 14.4 Å². The van der Waals surface area contributed by atoms with Crippen LogP contribution in [0.25, 0.3) is 0 Å². The van der Waals surface area contributed by atoms with Crippen LogP contribution in [-0.4, -0.2) is 41.5 Å². The zero-order valence-electron chi connectivity index (χ0n) is 8.52. The van der Waals surface area contributed by atoms with Gasteiger partial charge in [0.15, 0.2) is 11.5 Å². The third kappa shape index (κ3) is 1.56. The van der Waals surface area contributed by atoms with Crippen molar-refractivity contribution in [1.29, 1.82) is 0 Å². The van der Waals surface area contributed by atoms with Crippen LogP contribution >= 0.6 is 0 Å². The lowest BCUT2D eigenvalue weighted by atomic mass is 10.3. The number of H-pyrrole nitrogens is 1. The molecule has 0 aliphatic carbocycles. The quantitative estimate of drug-likeness (QED) is 0.539. The molecule has 1 aliphatic rings. The summed E-state index contributed by atoms with van der Waals surface area (Å²) in [7, 11) is 1.23. The van der Waals surface area contributed by atoms with Crippen molar-refractivity contribution in [3.8, 4) is 0 Å². The van der Waals surface area contributed by atoms with Crippen molar-refractivity contribution in [3.05, 3.63) is 11.9 Å². The Bertz CT molecular complexity index is 465. The van der Waals surface area contributed by atoms with Gasteiger partial charge >= 0.3 is 5.97 Å². The molecule has 7 nitrogen and oxygen atoms in total. The average molecular weight is 223 g/mol. The fourth-order valence-corrected chi connectivity index (χ4v) is 1.54. The number of rotatable bonds is 2. The molecule has 0 aromatic carbocycles. The minimum Gasteiger partial charge on any atom is -0.464 e. The molecule has 0 atom stereocenters. The molecule has 0 bridgehead atoms. The number of nitrogens with one attached hydrogen (secondary N) is 1. The number of amides is 1. The highest BCUT2D eigenvalue weighted by atomic mass is 16.5. The van der Waals surface area contributed by atoms with Crippen molar-refractivity contribution in [1.82, 2.24) is 10.2 Å². The zero-order chi connectivity index (χ0) is 11.7. The number of carbonyl (C=O) groups is 3. The van der Waals surface area contributed by atoms with Gasteiger partial charge in [-0.2, -0.15) is 5.10 Å². The van der Waals surface area contributed by atoms with Gasteiger partial charge in [-0.15, -0.1) is 0 Å². The Balaban J connectivity index is 2.34. The van der Waals surface area contributed by atoms with Crippen LogP contribution in [0.5, 0.6) is 0 Å². The second kappa shape index (κ2) is 3.76. The van der Waals surface area contributed by atoms with Crippen LogP contribution in [0.2, 0.25) is 0 Å². The molecule has 0 radical (unpaired) electrons. The lowest BCUT2D eigenvalue weighted by Crippen LogP contribution is -2.26. The molecule has 1 aromatic heterocycles. The fraction of sp³-hybridized carbons (Fsp3) is 0.333. The first kappa shape index (κ1) is 10.3. The van der Waals surface area contributed by atoms with Crippen LogP contribution < -0.4 is 4.90 Å². The maximum atomic E-state index is 11.5. The number of aromatic amines is 1. The SMILES string of the molecule is COC(=O)c1[nH]ncc1N1CC(=O)CC1=O. The van der Waals surface area contributed by atoms with Gasteiger partial charge in [-0.25, -0.2) is 4.79 Å². The molecule has 1 N–H and O–H groups in total. The summed E-state index contributed by atoms with van der Waals surface area (Å²) < 4.78 is 4.52. The summed E-state index contributed by atoms with van der Waals surface area (Å²) in [6.45, 7) is -0.0254. The van der Waals surface area contributed by atoms with Gasteiger partial charge in [-0.1, -0.05) is 0 Å². The first-order valence-corrected chi connectivity index (χ1v) is 4.57. The Labute approximate surface area is 90.4 Å². The van der Waals surface area contributed by atoms with Gasteiger partial charge < -0.3 is 9.64 Å². The minimum atomic E-state index is -0.625. The van der Waals surface area contributed by atoms with Crippen LogP contribution in [0, 0.1) is 0 Å². The van der Waals surface area contributed by atoms with Gasteiger partial charge in [0, 0.05) is 0 Å². The second-order valence-corrected chi connectivity index (χ2v) is 3.32. The van der Waals surface area contributed by atoms with E-state index in [0.717, 1.165) is 0 Å². The smallest absolute Gasteiger partial charge is 0.358 e. The number of carbonyl (C=O) groups excluding carboxylic acids is 3. The number of methoxy groups -OCH3 is 1. The molecule has 0 saturated carbocycles. The standard InChI is InChI=1S/C9H9N3O4/c1-16-9(15)8-6(3-10-11-8)12-4-5(13)2-7(12)14/h3H,2,4H2,1H3,(H,10,11). The summed E-state index contributed by atoms with van der Waals surface area (Å²) in [5.74, 6) is -1.14. The number of ketones is 1. The molecule has 0 unspecified atom stereocenters. The molecule has 16 heavy (non-hydrogen) atoms. The number of anilines is 1. The summed E-state index contributed by atoms with van der Waals surface area (Å²) in [6, 6.07) is 0. The van der Waals surface area contributed by atoms with Gasteiger partial charge in [-0.3, -0.25) is 14.7 Å². The third-order valence-corrected chi connectivity index (χ3v) is 2.28. The van der Waals surface area contributed by atoms with Gasteiger partial charge in [0.05, 0.1) is 32.0 Å². The predicted molar refractivity (Wildman–Crippen MR) is 51.9 cm³/mol. The van der Waals surface area contributed by atoms with E-state index >= 15 is 0 Å². The molecule has 1 aromatic rings. The van der Waals surface area contributed by atoms with Crippen molar-refractivity contribution >= 4 is 23.3 Å². The number of hydrogen-bond donors (Lipinski definition) is 1. The van der Waals surface area contributed by atoms with Gasteiger partial charge in [0.2, 0.25) is 5.91 Å². The first-order chi connectivity index (χ1) is 7.63. The van der Waals surface area contributed by atoms with E-state index in [1.165, 1.54) is 18.2 Å². The molecule has 2 rings (SSSR count). The summed E-state index contributed by atoms with van der Waals surface area (Å²) in [4.78, 5) is 35.1. The summed E-state index contributed by atoms with van der Waals surface area (Å²) in [6.07, 6.45) is 1.19. The second-order valence-electron chi connectivity index (χ2n) is 3.32. The predicted octanol–water partition coefficient (Wildman–Crippen LogP) is -0.498. The van der Waals surface area contributed by atoms with E-state index in [-0.39, 0.29) is 36.0 Å². The van der Waals surface area contributed by atoms with Crippen LogP contribution in [0.1, 0.15) is 16.9 Å². The van der Waals surface area contributed by atoms with Gasteiger partial charge in [-0.05, 0) is 0 Å². The zero-order valence-corrected chi connectivity index (χ0v) is 8.52. The molecule has 1 aliphatic heterocycles. The molecule has 1 saturated heterocycles.